The molecule has 0 bridgehead atoms. The molecule has 0 fully saturated rings. The summed E-state index contributed by atoms with van der Waals surface area (Å²) in [5.74, 6) is 0.0738. The average molecular weight is 431 g/mol. The highest BCUT2D eigenvalue weighted by molar-refractivity contribution is 6.32. The van der Waals surface area contributed by atoms with Crippen LogP contribution in [0.4, 0.5) is 5.69 Å². The number of rotatable bonds is 6. The Labute approximate surface area is 187 Å². The lowest BCUT2D eigenvalue weighted by Gasteiger charge is -2.10. The van der Waals surface area contributed by atoms with E-state index in [1.165, 1.54) is 11.6 Å². The van der Waals surface area contributed by atoms with Gasteiger partial charge in [0.05, 0.1) is 5.02 Å². The van der Waals surface area contributed by atoms with Crippen LogP contribution in [0.3, 0.4) is 0 Å². The van der Waals surface area contributed by atoms with Crippen LogP contribution in [-0.2, 0) is 11.4 Å². The van der Waals surface area contributed by atoms with Gasteiger partial charge in [0, 0.05) is 5.69 Å². The molecule has 0 aliphatic heterocycles. The molecule has 0 radical (unpaired) electrons. The van der Waals surface area contributed by atoms with Crippen LogP contribution in [0.15, 0.2) is 66.2 Å². The molecule has 3 rings (SSSR count). The number of ether oxygens (including phenoxy) is 1. The van der Waals surface area contributed by atoms with Crippen LogP contribution in [-0.4, -0.2) is 5.91 Å². The summed E-state index contributed by atoms with van der Waals surface area (Å²) in [6.45, 7) is 6.33. The number of amides is 1. The quantitative estimate of drug-likeness (QED) is 0.364. The Morgan fingerprint density at radius 2 is 1.84 bits per heavy atom. The molecule has 0 unspecified atom stereocenters. The molecule has 31 heavy (non-hydrogen) atoms. The molecule has 0 saturated carbocycles. The summed E-state index contributed by atoms with van der Waals surface area (Å²) in [6, 6.07) is 20.9. The van der Waals surface area contributed by atoms with E-state index >= 15 is 0 Å². The van der Waals surface area contributed by atoms with E-state index in [0.717, 1.165) is 16.7 Å². The highest BCUT2D eigenvalue weighted by atomic mass is 35.5. The van der Waals surface area contributed by atoms with Crippen LogP contribution in [0.5, 0.6) is 5.75 Å². The molecule has 1 amide bonds. The van der Waals surface area contributed by atoms with Crippen LogP contribution in [0.25, 0.3) is 6.08 Å². The van der Waals surface area contributed by atoms with Crippen molar-refractivity contribution < 1.29 is 9.53 Å². The van der Waals surface area contributed by atoms with Crippen LogP contribution in [0.1, 0.15) is 27.8 Å². The monoisotopic (exact) mass is 430 g/mol. The molecular formula is C26H23ClN2O2. The zero-order chi connectivity index (χ0) is 22.4. The van der Waals surface area contributed by atoms with Crippen molar-refractivity contribution in [2.75, 3.05) is 5.32 Å². The number of benzene rings is 3. The number of halogens is 1. The van der Waals surface area contributed by atoms with E-state index in [1.807, 2.05) is 69.3 Å². The number of carbonyl (C=O) groups excluding carboxylic acids is 1. The Hall–Kier alpha value is -3.55. The van der Waals surface area contributed by atoms with Gasteiger partial charge in [-0.2, -0.15) is 5.26 Å². The number of nitrogens with one attached hydrogen (secondary N) is 1. The number of aryl methyl sites for hydroxylation is 2. The van der Waals surface area contributed by atoms with Crippen molar-refractivity contribution in [3.8, 4) is 11.8 Å². The first-order chi connectivity index (χ1) is 14.9. The number of nitrogens with zero attached hydrogens (tertiary/aromatic N) is 1. The second-order valence-corrected chi connectivity index (χ2v) is 7.74. The summed E-state index contributed by atoms with van der Waals surface area (Å²) in [4.78, 5) is 12.6. The molecule has 156 valence electrons. The number of nitriles is 1. The molecule has 0 saturated heterocycles. The Kier molecular flexibility index (Phi) is 7.12. The Bertz CT molecular complexity index is 1180. The SMILES string of the molecule is Cc1ccc(COc2ccc(/C=C(\C#N)C(=O)Nc3cccc(C)c3C)cc2Cl)cc1. The molecule has 0 spiro atoms. The van der Waals surface area contributed by atoms with E-state index in [0.29, 0.717) is 28.6 Å². The predicted molar refractivity (Wildman–Crippen MR) is 125 cm³/mol. The number of carbonyl (C=O) groups is 1. The lowest BCUT2D eigenvalue weighted by atomic mass is 10.1. The van der Waals surface area contributed by atoms with Crippen molar-refractivity contribution in [2.45, 2.75) is 27.4 Å². The average Bonchev–Trinajstić information content (AvgIpc) is 2.75. The van der Waals surface area contributed by atoms with E-state index in [2.05, 4.69) is 5.32 Å². The van der Waals surface area contributed by atoms with Gasteiger partial charge in [-0.1, -0.05) is 59.6 Å². The van der Waals surface area contributed by atoms with Gasteiger partial charge in [-0.25, -0.2) is 0 Å². The van der Waals surface area contributed by atoms with Crippen LogP contribution >= 0.6 is 11.6 Å². The van der Waals surface area contributed by atoms with Crippen LogP contribution in [0.2, 0.25) is 5.02 Å². The van der Waals surface area contributed by atoms with Crippen molar-refractivity contribution in [1.82, 2.24) is 0 Å². The van der Waals surface area contributed by atoms with Gasteiger partial charge in [0.1, 0.15) is 24.0 Å². The molecule has 0 aliphatic rings. The zero-order valence-corrected chi connectivity index (χ0v) is 18.5. The molecule has 0 heterocycles. The number of hydrogen-bond donors (Lipinski definition) is 1. The van der Waals surface area contributed by atoms with Crippen molar-refractivity contribution in [3.63, 3.8) is 0 Å². The van der Waals surface area contributed by atoms with Gasteiger partial charge in [0.15, 0.2) is 0 Å². The second-order valence-electron chi connectivity index (χ2n) is 7.34. The van der Waals surface area contributed by atoms with E-state index in [4.69, 9.17) is 16.3 Å². The summed E-state index contributed by atoms with van der Waals surface area (Å²) < 4.78 is 5.80. The Morgan fingerprint density at radius 3 is 2.52 bits per heavy atom. The van der Waals surface area contributed by atoms with E-state index in [9.17, 15) is 10.1 Å². The normalized spacial score (nSPS) is 11.0. The molecule has 0 aromatic heterocycles. The summed E-state index contributed by atoms with van der Waals surface area (Å²) in [6.07, 6.45) is 1.51. The predicted octanol–water partition coefficient (Wildman–Crippen LogP) is 6.39. The standard InChI is InChI=1S/C26H23ClN2O2/c1-17-7-9-20(10-8-17)16-31-25-12-11-21(14-23(25)27)13-22(15-28)26(30)29-24-6-4-5-18(2)19(24)3/h4-14H,16H2,1-3H3,(H,29,30)/b22-13+. The molecule has 5 heteroatoms. The topological polar surface area (TPSA) is 62.1 Å². The highest BCUT2D eigenvalue weighted by Crippen LogP contribution is 2.27. The summed E-state index contributed by atoms with van der Waals surface area (Å²) in [7, 11) is 0. The minimum atomic E-state index is -0.466. The lowest BCUT2D eigenvalue weighted by Crippen LogP contribution is -2.14. The van der Waals surface area contributed by atoms with Gasteiger partial charge in [0.2, 0.25) is 0 Å². The molecule has 4 nitrogen and oxygen atoms in total. The van der Waals surface area contributed by atoms with E-state index in [-0.39, 0.29) is 5.57 Å². The van der Waals surface area contributed by atoms with Gasteiger partial charge in [0.25, 0.3) is 5.91 Å². The van der Waals surface area contributed by atoms with Crippen LogP contribution < -0.4 is 10.1 Å². The summed E-state index contributed by atoms with van der Waals surface area (Å²) in [5.41, 5.74) is 5.57. The summed E-state index contributed by atoms with van der Waals surface area (Å²) in [5, 5.41) is 12.7. The van der Waals surface area contributed by atoms with Gasteiger partial charge in [-0.15, -0.1) is 0 Å². The highest BCUT2D eigenvalue weighted by Gasteiger charge is 2.12. The maximum absolute atomic E-state index is 12.6. The molecule has 1 N–H and O–H groups in total. The van der Waals surface area contributed by atoms with Crippen molar-refractivity contribution in [2.24, 2.45) is 0 Å². The third-order valence-electron chi connectivity index (χ3n) is 5.00. The Balaban J connectivity index is 1.72. The Morgan fingerprint density at radius 1 is 1.10 bits per heavy atom. The first kappa shape index (κ1) is 22.1. The number of hydrogen-bond acceptors (Lipinski definition) is 3. The minimum absolute atomic E-state index is 0.00898. The smallest absolute Gasteiger partial charge is 0.266 e. The van der Waals surface area contributed by atoms with Crippen molar-refractivity contribution in [3.05, 3.63) is 99.1 Å². The minimum Gasteiger partial charge on any atom is -0.487 e. The zero-order valence-electron chi connectivity index (χ0n) is 17.7. The largest absolute Gasteiger partial charge is 0.487 e. The van der Waals surface area contributed by atoms with Gasteiger partial charge in [-0.05, 0) is 67.3 Å². The summed E-state index contributed by atoms with van der Waals surface area (Å²) >= 11 is 6.36. The first-order valence-corrected chi connectivity index (χ1v) is 10.2. The molecule has 3 aromatic rings. The van der Waals surface area contributed by atoms with Crippen molar-refractivity contribution in [1.29, 1.82) is 5.26 Å². The molecule has 0 atom stereocenters. The van der Waals surface area contributed by atoms with Crippen molar-refractivity contribution >= 4 is 29.3 Å². The number of anilines is 1. The fraction of sp³-hybridized carbons (Fsp3) is 0.154. The van der Waals surface area contributed by atoms with E-state index < -0.39 is 5.91 Å². The lowest BCUT2D eigenvalue weighted by molar-refractivity contribution is -0.112. The molecule has 3 aromatic carbocycles. The van der Waals surface area contributed by atoms with E-state index in [1.54, 1.807) is 18.2 Å². The first-order valence-electron chi connectivity index (χ1n) is 9.84. The maximum Gasteiger partial charge on any atom is 0.266 e. The second kappa shape index (κ2) is 9.97. The fourth-order valence-corrected chi connectivity index (χ4v) is 3.20. The van der Waals surface area contributed by atoms with Gasteiger partial charge >= 0.3 is 0 Å². The third-order valence-corrected chi connectivity index (χ3v) is 5.30. The van der Waals surface area contributed by atoms with Crippen LogP contribution in [0, 0.1) is 32.1 Å². The third kappa shape index (κ3) is 5.75. The van der Waals surface area contributed by atoms with Gasteiger partial charge < -0.3 is 10.1 Å². The van der Waals surface area contributed by atoms with Gasteiger partial charge in [-0.3, -0.25) is 4.79 Å². The maximum atomic E-state index is 12.6. The molecule has 0 aliphatic carbocycles. The fourth-order valence-electron chi connectivity index (χ4n) is 2.96. The molecular weight excluding hydrogens is 408 g/mol.